The first kappa shape index (κ1) is 17.1. The highest BCUT2D eigenvalue weighted by Gasteiger charge is 2.27. The molecule has 1 aliphatic rings. The average molecular weight is 372 g/mol. The van der Waals surface area contributed by atoms with Crippen LogP contribution in [0.4, 0.5) is 0 Å². The molecule has 1 aromatic carbocycles. The van der Waals surface area contributed by atoms with Crippen molar-refractivity contribution < 1.29 is 0 Å². The second kappa shape index (κ2) is 6.87. The fourth-order valence-electron chi connectivity index (χ4n) is 4.30. The molecule has 28 heavy (non-hydrogen) atoms. The highest BCUT2D eigenvalue weighted by Crippen LogP contribution is 2.28. The Hall–Kier alpha value is -2.99. The lowest BCUT2D eigenvalue weighted by Crippen LogP contribution is -2.23. The summed E-state index contributed by atoms with van der Waals surface area (Å²) in [5.74, 6) is 0.755. The van der Waals surface area contributed by atoms with Crippen LogP contribution in [0.15, 0.2) is 54.9 Å². The van der Waals surface area contributed by atoms with E-state index in [9.17, 15) is 0 Å². The number of hydrogen-bond donors (Lipinski definition) is 0. The fourth-order valence-corrected chi connectivity index (χ4v) is 4.30. The van der Waals surface area contributed by atoms with E-state index in [0.717, 1.165) is 48.8 Å². The fraction of sp³-hybridized carbons (Fsp3) is 0.318. The number of nitrogens with zero attached hydrogens (tertiary/aromatic N) is 6. The monoisotopic (exact) mass is 372 g/mol. The highest BCUT2D eigenvalue weighted by atomic mass is 15.3. The van der Waals surface area contributed by atoms with Gasteiger partial charge < -0.3 is 0 Å². The van der Waals surface area contributed by atoms with Crippen molar-refractivity contribution in [1.82, 2.24) is 29.0 Å². The number of aromatic nitrogens is 5. The molecule has 4 aromatic rings. The highest BCUT2D eigenvalue weighted by molar-refractivity contribution is 5.65. The van der Waals surface area contributed by atoms with Crippen LogP contribution in [-0.4, -0.2) is 42.1 Å². The summed E-state index contributed by atoms with van der Waals surface area (Å²) in [6, 6.07) is 15.0. The van der Waals surface area contributed by atoms with Crippen LogP contribution in [0.2, 0.25) is 0 Å². The Balaban J connectivity index is 1.46. The van der Waals surface area contributed by atoms with E-state index < -0.39 is 0 Å². The predicted molar refractivity (Wildman–Crippen MR) is 109 cm³/mol. The van der Waals surface area contributed by atoms with Gasteiger partial charge in [0.15, 0.2) is 0 Å². The maximum absolute atomic E-state index is 4.83. The summed E-state index contributed by atoms with van der Waals surface area (Å²) >= 11 is 0. The van der Waals surface area contributed by atoms with E-state index in [1.54, 1.807) is 6.20 Å². The average Bonchev–Trinajstić information content (AvgIpc) is 3.40. The van der Waals surface area contributed by atoms with Crippen LogP contribution in [0.1, 0.15) is 29.5 Å². The summed E-state index contributed by atoms with van der Waals surface area (Å²) in [6.45, 7) is 7.13. The summed E-state index contributed by atoms with van der Waals surface area (Å²) in [7, 11) is 0. The van der Waals surface area contributed by atoms with Crippen molar-refractivity contribution >= 4 is 5.78 Å². The van der Waals surface area contributed by atoms with E-state index in [1.165, 1.54) is 11.4 Å². The summed E-state index contributed by atoms with van der Waals surface area (Å²) in [6.07, 6.45) is 4.99. The van der Waals surface area contributed by atoms with Gasteiger partial charge in [0.25, 0.3) is 0 Å². The molecule has 6 nitrogen and oxygen atoms in total. The summed E-state index contributed by atoms with van der Waals surface area (Å²) in [5.41, 5.74) is 5.69. The molecular weight excluding hydrogens is 348 g/mol. The van der Waals surface area contributed by atoms with Gasteiger partial charge >= 0.3 is 0 Å². The molecule has 6 heteroatoms. The lowest BCUT2D eigenvalue weighted by Gasteiger charge is -2.17. The minimum absolute atomic E-state index is 0.436. The molecule has 4 heterocycles. The minimum atomic E-state index is 0.436. The zero-order valence-corrected chi connectivity index (χ0v) is 16.3. The molecular formula is C22H24N6. The van der Waals surface area contributed by atoms with Crippen molar-refractivity contribution in [3.63, 3.8) is 0 Å². The first-order chi connectivity index (χ1) is 13.7. The quantitative estimate of drug-likeness (QED) is 0.549. The molecule has 0 N–H and O–H groups in total. The molecule has 0 bridgehead atoms. The summed E-state index contributed by atoms with van der Waals surface area (Å²) < 4.78 is 4.32. The molecule has 3 aromatic heterocycles. The third-order valence-electron chi connectivity index (χ3n) is 5.56. The van der Waals surface area contributed by atoms with Crippen LogP contribution in [0, 0.1) is 13.8 Å². The third kappa shape index (κ3) is 2.99. The lowest BCUT2D eigenvalue weighted by atomic mass is 10.1. The molecule has 0 saturated carbocycles. The molecule has 0 radical (unpaired) electrons. The van der Waals surface area contributed by atoms with E-state index in [-0.39, 0.29) is 0 Å². The van der Waals surface area contributed by atoms with E-state index in [1.807, 2.05) is 12.1 Å². The van der Waals surface area contributed by atoms with Gasteiger partial charge in [0.05, 0.1) is 23.1 Å². The van der Waals surface area contributed by atoms with Crippen LogP contribution < -0.4 is 0 Å². The standard InChI is InChI=1S/C22H24N6/c1-16-13-17(2)28(25-16)19-9-12-26(14-19)15-20-21(18-7-4-3-5-8-18)24-22-23-10-6-11-27(20)22/h3-8,10-11,13,19H,9,12,14-15H2,1-2H3/t19-/m0/s1. The van der Waals surface area contributed by atoms with Gasteiger partial charge in [0.1, 0.15) is 0 Å². The number of hydrogen-bond acceptors (Lipinski definition) is 4. The van der Waals surface area contributed by atoms with Crippen LogP contribution in [0.3, 0.4) is 0 Å². The number of likely N-dealkylation sites (tertiary alicyclic amines) is 1. The Morgan fingerprint density at radius 2 is 1.96 bits per heavy atom. The maximum atomic E-state index is 4.83. The van der Waals surface area contributed by atoms with Crippen molar-refractivity contribution in [3.8, 4) is 11.3 Å². The Morgan fingerprint density at radius 3 is 2.75 bits per heavy atom. The van der Waals surface area contributed by atoms with E-state index in [4.69, 9.17) is 10.1 Å². The molecule has 1 atom stereocenters. The SMILES string of the molecule is Cc1cc(C)n([C@H]2CCN(Cc3c(-c4ccccc4)nc4ncccn34)C2)n1. The molecule has 142 valence electrons. The van der Waals surface area contributed by atoms with E-state index >= 15 is 0 Å². The van der Waals surface area contributed by atoms with Gasteiger partial charge in [-0.25, -0.2) is 9.97 Å². The van der Waals surface area contributed by atoms with Gasteiger partial charge in [0, 0.05) is 43.3 Å². The summed E-state index contributed by atoms with van der Waals surface area (Å²) in [4.78, 5) is 11.8. The molecule has 1 fully saturated rings. The molecule has 1 aliphatic heterocycles. The van der Waals surface area contributed by atoms with Crippen LogP contribution in [-0.2, 0) is 6.54 Å². The van der Waals surface area contributed by atoms with Gasteiger partial charge in [-0.15, -0.1) is 0 Å². The Kier molecular flexibility index (Phi) is 4.20. The first-order valence-electron chi connectivity index (χ1n) is 9.81. The Labute approximate surface area is 164 Å². The second-order valence-electron chi connectivity index (χ2n) is 7.61. The van der Waals surface area contributed by atoms with Gasteiger partial charge in [-0.05, 0) is 32.4 Å². The molecule has 0 aliphatic carbocycles. The van der Waals surface area contributed by atoms with Gasteiger partial charge in [-0.1, -0.05) is 30.3 Å². The molecule has 1 saturated heterocycles. The van der Waals surface area contributed by atoms with Gasteiger partial charge in [-0.2, -0.15) is 5.10 Å². The van der Waals surface area contributed by atoms with Crippen LogP contribution in [0.25, 0.3) is 17.0 Å². The Morgan fingerprint density at radius 1 is 1.11 bits per heavy atom. The Bertz CT molecular complexity index is 1110. The zero-order valence-electron chi connectivity index (χ0n) is 16.3. The first-order valence-corrected chi connectivity index (χ1v) is 9.81. The van der Waals surface area contributed by atoms with Gasteiger partial charge in [0.2, 0.25) is 5.78 Å². The number of fused-ring (bicyclic) bond motifs is 1. The molecule has 0 amide bonds. The number of imidazole rings is 1. The van der Waals surface area contributed by atoms with Crippen LogP contribution >= 0.6 is 0 Å². The van der Waals surface area contributed by atoms with Crippen molar-refractivity contribution in [2.24, 2.45) is 0 Å². The van der Waals surface area contributed by atoms with Crippen molar-refractivity contribution in [2.45, 2.75) is 32.9 Å². The molecule has 5 rings (SSSR count). The lowest BCUT2D eigenvalue weighted by molar-refractivity contribution is 0.306. The zero-order chi connectivity index (χ0) is 19.1. The normalized spacial score (nSPS) is 17.6. The maximum Gasteiger partial charge on any atom is 0.234 e. The molecule has 0 unspecified atom stereocenters. The molecule has 0 spiro atoms. The van der Waals surface area contributed by atoms with Gasteiger partial charge in [-0.3, -0.25) is 14.0 Å². The number of benzene rings is 1. The van der Waals surface area contributed by atoms with Crippen molar-refractivity contribution in [2.75, 3.05) is 13.1 Å². The largest absolute Gasteiger partial charge is 0.295 e. The van der Waals surface area contributed by atoms with Crippen molar-refractivity contribution in [3.05, 3.63) is 71.9 Å². The second-order valence-corrected chi connectivity index (χ2v) is 7.61. The predicted octanol–water partition coefficient (Wildman–Crippen LogP) is 3.66. The van der Waals surface area contributed by atoms with Crippen molar-refractivity contribution in [1.29, 1.82) is 0 Å². The van der Waals surface area contributed by atoms with E-state index in [0.29, 0.717) is 6.04 Å². The smallest absolute Gasteiger partial charge is 0.234 e. The third-order valence-corrected chi connectivity index (χ3v) is 5.56. The summed E-state index contributed by atoms with van der Waals surface area (Å²) in [5, 5.41) is 4.70. The number of rotatable bonds is 4. The van der Waals surface area contributed by atoms with E-state index in [2.05, 4.69) is 69.3 Å². The van der Waals surface area contributed by atoms with Crippen LogP contribution in [0.5, 0.6) is 0 Å². The topological polar surface area (TPSA) is 51.2 Å². The number of aryl methyl sites for hydroxylation is 2. The minimum Gasteiger partial charge on any atom is -0.295 e.